The van der Waals surface area contributed by atoms with Gasteiger partial charge in [0.2, 0.25) is 0 Å². The number of nitrogens with one attached hydrogen (secondary N) is 1. The molecular formula is C10H17N3O. The van der Waals surface area contributed by atoms with Crippen molar-refractivity contribution < 1.29 is 5.11 Å². The Morgan fingerprint density at radius 3 is 2.86 bits per heavy atom. The van der Waals surface area contributed by atoms with Crippen LogP contribution in [0.5, 0.6) is 0 Å². The van der Waals surface area contributed by atoms with E-state index in [4.69, 9.17) is 5.11 Å². The molecule has 0 aliphatic carbocycles. The highest BCUT2D eigenvalue weighted by Gasteiger charge is 2.01. The van der Waals surface area contributed by atoms with Crippen LogP contribution in [0.3, 0.4) is 0 Å². The average molecular weight is 195 g/mol. The second-order valence-electron chi connectivity index (χ2n) is 3.49. The van der Waals surface area contributed by atoms with Gasteiger partial charge < -0.3 is 10.4 Å². The van der Waals surface area contributed by atoms with Crippen molar-refractivity contribution in [1.29, 1.82) is 0 Å². The van der Waals surface area contributed by atoms with Crippen LogP contribution in [0.4, 0.5) is 5.82 Å². The number of aliphatic hydroxyl groups is 1. The number of aromatic nitrogens is 2. The molecule has 0 aromatic carbocycles. The van der Waals surface area contributed by atoms with E-state index < -0.39 is 0 Å². The lowest BCUT2D eigenvalue weighted by Crippen LogP contribution is -2.06. The Balaban J connectivity index is 2.55. The predicted molar refractivity (Wildman–Crippen MR) is 56.3 cm³/mol. The maximum Gasteiger partial charge on any atom is 0.129 e. The predicted octanol–water partition coefficient (Wildman–Crippen LogP) is 1.39. The Hall–Kier alpha value is -1.16. The van der Waals surface area contributed by atoms with Gasteiger partial charge >= 0.3 is 0 Å². The van der Waals surface area contributed by atoms with Crippen LogP contribution in [0.25, 0.3) is 0 Å². The molecule has 0 spiro atoms. The Labute approximate surface area is 84.4 Å². The zero-order valence-electron chi connectivity index (χ0n) is 8.70. The van der Waals surface area contributed by atoms with Crippen molar-refractivity contribution in [2.75, 3.05) is 18.5 Å². The molecule has 1 rings (SSSR count). The van der Waals surface area contributed by atoms with Crippen LogP contribution in [-0.2, 0) is 0 Å². The Morgan fingerprint density at radius 2 is 2.21 bits per heavy atom. The molecule has 1 aromatic rings. The minimum atomic E-state index is 0.203. The van der Waals surface area contributed by atoms with Gasteiger partial charge in [-0.25, -0.2) is 9.97 Å². The lowest BCUT2D eigenvalue weighted by atomic mass is 10.1. The molecule has 4 heteroatoms. The van der Waals surface area contributed by atoms with Crippen molar-refractivity contribution in [2.24, 2.45) is 0 Å². The number of rotatable bonds is 5. The van der Waals surface area contributed by atoms with Gasteiger partial charge in [0.1, 0.15) is 12.1 Å². The smallest absolute Gasteiger partial charge is 0.129 e. The third-order valence-electron chi connectivity index (χ3n) is 1.92. The highest BCUT2D eigenvalue weighted by Crippen LogP contribution is 2.13. The molecule has 0 atom stereocenters. The molecule has 0 bridgehead atoms. The summed E-state index contributed by atoms with van der Waals surface area (Å²) in [6.45, 7) is 5.14. The Kier molecular flexibility index (Phi) is 4.32. The van der Waals surface area contributed by atoms with Gasteiger partial charge in [0.05, 0.1) is 0 Å². The van der Waals surface area contributed by atoms with E-state index in [1.165, 1.54) is 0 Å². The van der Waals surface area contributed by atoms with Crippen LogP contribution in [0.2, 0.25) is 0 Å². The fraction of sp³-hybridized carbons (Fsp3) is 0.600. The second kappa shape index (κ2) is 5.54. The molecule has 0 saturated carbocycles. The first-order valence-corrected chi connectivity index (χ1v) is 4.90. The van der Waals surface area contributed by atoms with Crippen molar-refractivity contribution in [2.45, 2.75) is 26.2 Å². The lowest BCUT2D eigenvalue weighted by Gasteiger charge is -2.07. The van der Waals surface area contributed by atoms with Crippen LogP contribution in [-0.4, -0.2) is 28.2 Å². The molecule has 14 heavy (non-hydrogen) atoms. The van der Waals surface area contributed by atoms with E-state index in [-0.39, 0.29) is 6.61 Å². The van der Waals surface area contributed by atoms with E-state index in [1.54, 1.807) is 6.33 Å². The Morgan fingerprint density at radius 1 is 1.43 bits per heavy atom. The van der Waals surface area contributed by atoms with E-state index in [9.17, 15) is 0 Å². The van der Waals surface area contributed by atoms with Crippen LogP contribution < -0.4 is 5.32 Å². The van der Waals surface area contributed by atoms with Crippen molar-refractivity contribution >= 4 is 5.82 Å². The minimum Gasteiger partial charge on any atom is -0.396 e. The van der Waals surface area contributed by atoms with Gasteiger partial charge in [-0.1, -0.05) is 13.8 Å². The van der Waals surface area contributed by atoms with E-state index in [0.29, 0.717) is 5.92 Å². The summed E-state index contributed by atoms with van der Waals surface area (Å²) < 4.78 is 0. The maximum absolute atomic E-state index is 8.61. The quantitative estimate of drug-likeness (QED) is 0.697. The number of hydrogen-bond acceptors (Lipinski definition) is 4. The first-order valence-electron chi connectivity index (χ1n) is 4.90. The highest BCUT2D eigenvalue weighted by molar-refractivity contribution is 5.35. The van der Waals surface area contributed by atoms with Gasteiger partial charge in [-0.05, 0) is 12.3 Å². The first-order chi connectivity index (χ1) is 6.74. The van der Waals surface area contributed by atoms with Crippen LogP contribution in [0.1, 0.15) is 31.9 Å². The largest absolute Gasteiger partial charge is 0.396 e. The first kappa shape index (κ1) is 10.9. The molecule has 0 aliphatic rings. The zero-order chi connectivity index (χ0) is 10.4. The van der Waals surface area contributed by atoms with Crippen molar-refractivity contribution in [3.8, 4) is 0 Å². The molecule has 0 saturated heterocycles. The molecule has 0 radical (unpaired) electrons. The molecule has 0 fully saturated rings. The van der Waals surface area contributed by atoms with Gasteiger partial charge in [-0.2, -0.15) is 0 Å². The highest BCUT2D eigenvalue weighted by atomic mass is 16.3. The van der Waals surface area contributed by atoms with Crippen LogP contribution in [0.15, 0.2) is 12.4 Å². The molecular weight excluding hydrogens is 178 g/mol. The molecule has 4 nitrogen and oxygen atoms in total. The lowest BCUT2D eigenvalue weighted by molar-refractivity contribution is 0.292. The van der Waals surface area contributed by atoms with Crippen molar-refractivity contribution in [1.82, 2.24) is 9.97 Å². The van der Waals surface area contributed by atoms with E-state index in [1.807, 2.05) is 6.07 Å². The van der Waals surface area contributed by atoms with Gasteiger partial charge in [-0.15, -0.1) is 0 Å². The van der Waals surface area contributed by atoms with E-state index in [2.05, 4.69) is 29.1 Å². The number of anilines is 1. The molecule has 0 amide bonds. The normalized spacial score (nSPS) is 10.6. The maximum atomic E-state index is 8.61. The van der Waals surface area contributed by atoms with Gasteiger partial charge in [0, 0.05) is 24.9 Å². The summed E-state index contributed by atoms with van der Waals surface area (Å²) in [5, 5.41) is 11.7. The summed E-state index contributed by atoms with van der Waals surface area (Å²) in [7, 11) is 0. The van der Waals surface area contributed by atoms with Gasteiger partial charge in [0.15, 0.2) is 0 Å². The minimum absolute atomic E-state index is 0.203. The summed E-state index contributed by atoms with van der Waals surface area (Å²) >= 11 is 0. The third-order valence-corrected chi connectivity index (χ3v) is 1.92. The Bertz CT molecular complexity index is 276. The summed E-state index contributed by atoms with van der Waals surface area (Å²) in [6.07, 6.45) is 2.30. The number of aliphatic hydroxyl groups excluding tert-OH is 1. The van der Waals surface area contributed by atoms with E-state index in [0.717, 1.165) is 24.5 Å². The second-order valence-corrected chi connectivity index (χ2v) is 3.49. The molecule has 1 aromatic heterocycles. The summed E-state index contributed by atoms with van der Waals surface area (Å²) in [5.41, 5.74) is 1.03. The summed E-state index contributed by atoms with van der Waals surface area (Å²) in [4.78, 5) is 8.26. The van der Waals surface area contributed by atoms with Gasteiger partial charge in [0.25, 0.3) is 0 Å². The topological polar surface area (TPSA) is 58.0 Å². The molecule has 0 unspecified atom stereocenters. The number of nitrogens with zero attached hydrogens (tertiary/aromatic N) is 2. The fourth-order valence-electron chi connectivity index (χ4n) is 1.08. The number of hydrogen-bond donors (Lipinski definition) is 2. The molecule has 78 valence electrons. The fourth-order valence-corrected chi connectivity index (χ4v) is 1.08. The summed E-state index contributed by atoms with van der Waals surface area (Å²) in [5.74, 6) is 1.24. The molecule has 0 aliphatic heterocycles. The van der Waals surface area contributed by atoms with Crippen molar-refractivity contribution in [3.63, 3.8) is 0 Å². The zero-order valence-corrected chi connectivity index (χ0v) is 8.70. The van der Waals surface area contributed by atoms with Crippen molar-refractivity contribution in [3.05, 3.63) is 18.1 Å². The van der Waals surface area contributed by atoms with Crippen LogP contribution in [0, 0.1) is 0 Å². The molecule has 2 N–H and O–H groups in total. The van der Waals surface area contributed by atoms with E-state index >= 15 is 0 Å². The third kappa shape index (κ3) is 3.30. The SMILES string of the molecule is CC(C)c1cc(NCCCO)ncn1. The van der Waals surface area contributed by atoms with Gasteiger partial charge in [-0.3, -0.25) is 0 Å². The standard InChI is InChI=1S/C10H17N3O/c1-8(2)9-6-10(13-7-12-9)11-4-3-5-14/h6-8,14H,3-5H2,1-2H3,(H,11,12,13). The van der Waals surface area contributed by atoms with Crippen LogP contribution >= 0.6 is 0 Å². The average Bonchev–Trinajstić information content (AvgIpc) is 2.19. The summed E-state index contributed by atoms with van der Waals surface area (Å²) in [6, 6.07) is 1.95. The molecule has 1 heterocycles. The monoisotopic (exact) mass is 195 g/mol.